The summed E-state index contributed by atoms with van der Waals surface area (Å²) in [5, 5.41) is 0. The average molecular weight is 381 g/mol. The molecule has 154 valence electrons. The molecule has 3 rings (SSSR count). The number of ether oxygens (including phenoxy) is 3. The van der Waals surface area contributed by atoms with Crippen LogP contribution in [0.3, 0.4) is 0 Å². The van der Waals surface area contributed by atoms with Crippen molar-refractivity contribution in [2.45, 2.75) is 90.8 Å². The maximum atomic E-state index is 12.2. The molecule has 3 fully saturated rings. The third-order valence-corrected chi connectivity index (χ3v) is 7.08. The molecule has 5 heteroatoms. The van der Waals surface area contributed by atoms with Crippen LogP contribution >= 0.6 is 0 Å². The van der Waals surface area contributed by atoms with Gasteiger partial charge in [-0.25, -0.2) is 0 Å². The van der Waals surface area contributed by atoms with Gasteiger partial charge in [0.1, 0.15) is 6.10 Å². The minimum Gasteiger partial charge on any atom is -0.462 e. The fraction of sp³-hybridized carbons (Fsp3) is 0.909. The van der Waals surface area contributed by atoms with Gasteiger partial charge in [-0.2, -0.15) is 0 Å². The fourth-order valence-corrected chi connectivity index (χ4v) is 4.97. The predicted octanol–water partition coefficient (Wildman–Crippen LogP) is 4.48. The lowest BCUT2D eigenvalue weighted by Crippen LogP contribution is -2.31. The highest BCUT2D eigenvalue weighted by Gasteiger charge is 2.48. The maximum absolute atomic E-state index is 12.2. The number of carbonyl (C=O) groups is 2. The van der Waals surface area contributed by atoms with Gasteiger partial charge in [0.25, 0.3) is 0 Å². The van der Waals surface area contributed by atoms with Crippen LogP contribution in [0, 0.1) is 29.6 Å². The van der Waals surface area contributed by atoms with Gasteiger partial charge in [-0.05, 0) is 55.8 Å². The molecule has 0 heterocycles. The summed E-state index contributed by atoms with van der Waals surface area (Å²) < 4.78 is 16.8. The Kier molecular flexibility index (Phi) is 7.18. The summed E-state index contributed by atoms with van der Waals surface area (Å²) in [5.74, 6) is 1.29. The van der Waals surface area contributed by atoms with Crippen LogP contribution in [0.5, 0.6) is 0 Å². The molecule has 0 aliphatic heterocycles. The van der Waals surface area contributed by atoms with Crippen molar-refractivity contribution in [2.24, 2.45) is 29.6 Å². The minimum atomic E-state index is -0.148. The van der Waals surface area contributed by atoms with Gasteiger partial charge < -0.3 is 14.2 Å². The first kappa shape index (κ1) is 20.6. The number of hydrogen-bond acceptors (Lipinski definition) is 5. The van der Waals surface area contributed by atoms with Crippen LogP contribution < -0.4 is 0 Å². The van der Waals surface area contributed by atoms with E-state index >= 15 is 0 Å². The highest BCUT2D eigenvalue weighted by atomic mass is 16.7. The smallest absolute Gasteiger partial charge is 0.309 e. The Hall–Kier alpha value is -1.10. The molecule has 0 aromatic carbocycles. The Balaban J connectivity index is 1.34. The summed E-state index contributed by atoms with van der Waals surface area (Å²) in [7, 11) is 0. The summed E-state index contributed by atoms with van der Waals surface area (Å²) in [4.78, 5) is 24.4. The van der Waals surface area contributed by atoms with Crippen molar-refractivity contribution < 1.29 is 23.8 Å². The van der Waals surface area contributed by atoms with Crippen LogP contribution in [0.2, 0.25) is 0 Å². The van der Waals surface area contributed by atoms with E-state index in [9.17, 15) is 9.59 Å². The molecule has 2 bridgehead atoms. The normalized spacial score (nSPS) is 31.9. The quantitative estimate of drug-likeness (QED) is 0.459. The molecule has 5 atom stereocenters. The van der Waals surface area contributed by atoms with E-state index < -0.39 is 0 Å². The topological polar surface area (TPSA) is 61.8 Å². The van der Waals surface area contributed by atoms with Crippen LogP contribution in [-0.2, 0) is 23.8 Å². The number of carbonyl (C=O) groups excluding carboxylic acids is 2. The molecule has 3 aliphatic rings. The monoisotopic (exact) mass is 380 g/mol. The molecule has 0 aromatic rings. The summed E-state index contributed by atoms with van der Waals surface area (Å²) in [6, 6.07) is 0. The molecule has 3 aliphatic carbocycles. The fourth-order valence-electron chi connectivity index (χ4n) is 4.97. The first-order valence-electron chi connectivity index (χ1n) is 10.9. The maximum Gasteiger partial charge on any atom is 0.309 e. The predicted molar refractivity (Wildman–Crippen MR) is 102 cm³/mol. The Labute approximate surface area is 163 Å². The summed E-state index contributed by atoms with van der Waals surface area (Å²) in [5.41, 5.74) is 0. The molecule has 0 saturated heterocycles. The van der Waals surface area contributed by atoms with E-state index in [-0.39, 0.29) is 36.9 Å². The van der Waals surface area contributed by atoms with Crippen molar-refractivity contribution in [3.8, 4) is 0 Å². The molecule has 5 nitrogen and oxygen atoms in total. The lowest BCUT2D eigenvalue weighted by Gasteiger charge is -2.28. The van der Waals surface area contributed by atoms with Crippen LogP contribution in [-0.4, -0.2) is 30.9 Å². The van der Waals surface area contributed by atoms with Crippen molar-refractivity contribution in [1.82, 2.24) is 0 Å². The zero-order valence-corrected chi connectivity index (χ0v) is 17.2. The first-order valence-corrected chi connectivity index (χ1v) is 10.9. The molecule has 3 saturated carbocycles. The molecule has 0 aromatic heterocycles. The van der Waals surface area contributed by atoms with Gasteiger partial charge in [0.2, 0.25) is 0 Å². The van der Waals surface area contributed by atoms with Crippen molar-refractivity contribution >= 4 is 11.9 Å². The van der Waals surface area contributed by atoms with Crippen LogP contribution in [0.1, 0.15) is 78.6 Å². The van der Waals surface area contributed by atoms with Crippen LogP contribution in [0.15, 0.2) is 0 Å². The highest BCUT2D eigenvalue weighted by molar-refractivity contribution is 5.72. The van der Waals surface area contributed by atoms with Gasteiger partial charge in [0.05, 0.1) is 12.0 Å². The zero-order valence-electron chi connectivity index (χ0n) is 17.2. The number of hydrogen-bond donors (Lipinski definition) is 0. The van der Waals surface area contributed by atoms with E-state index in [0.29, 0.717) is 30.1 Å². The largest absolute Gasteiger partial charge is 0.462 e. The van der Waals surface area contributed by atoms with Gasteiger partial charge in [0, 0.05) is 6.42 Å². The van der Waals surface area contributed by atoms with Crippen LogP contribution in [0.4, 0.5) is 0 Å². The molecule has 0 amide bonds. The SMILES string of the molecule is CC(C)C(C)C(=O)OC1CC2CC1CC2CC(=O)OCOC1CCCCC1. The highest BCUT2D eigenvalue weighted by Crippen LogP contribution is 2.51. The Bertz CT molecular complexity index is 511. The van der Waals surface area contributed by atoms with Crippen molar-refractivity contribution in [1.29, 1.82) is 0 Å². The first-order chi connectivity index (χ1) is 12.9. The van der Waals surface area contributed by atoms with E-state index in [0.717, 1.165) is 32.1 Å². The van der Waals surface area contributed by atoms with Gasteiger partial charge in [-0.15, -0.1) is 0 Å². The average Bonchev–Trinajstić information content (AvgIpc) is 3.21. The number of rotatable bonds is 8. The molecule has 0 N–H and O–H groups in total. The van der Waals surface area contributed by atoms with Crippen LogP contribution in [0.25, 0.3) is 0 Å². The minimum absolute atomic E-state index is 0.0469. The van der Waals surface area contributed by atoms with Crippen molar-refractivity contribution in [3.05, 3.63) is 0 Å². The third kappa shape index (κ3) is 5.46. The summed E-state index contributed by atoms with van der Waals surface area (Å²) in [6.07, 6.45) is 9.60. The number of esters is 2. The Morgan fingerprint density at radius 2 is 1.70 bits per heavy atom. The summed E-state index contributed by atoms with van der Waals surface area (Å²) >= 11 is 0. The molecular formula is C22H36O5. The number of fused-ring (bicyclic) bond motifs is 2. The lowest BCUT2D eigenvalue weighted by molar-refractivity contribution is -0.165. The Morgan fingerprint density at radius 3 is 2.33 bits per heavy atom. The van der Waals surface area contributed by atoms with E-state index in [1.807, 2.05) is 20.8 Å². The summed E-state index contributed by atoms with van der Waals surface area (Å²) in [6.45, 7) is 6.13. The van der Waals surface area contributed by atoms with Gasteiger partial charge >= 0.3 is 11.9 Å². The standard InChI is InChI=1S/C22H36O5/c1-14(2)15(3)22(24)27-20-11-16-9-18(20)10-17(16)12-21(23)26-13-25-19-7-5-4-6-8-19/h14-20H,4-13H2,1-3H3. The van der Waals surface area contributed by atoms with E-state index in [4.69, 9.17) is 14.2 Å². The zero-order chi connectivity index (χ0) is 19.4. The third-order valence-electron chi connectivity index (χ3n) is 7.08. The molecule has 0 radical (unpaired) electrons. The van der Waals surface area contributed by atoms with Crippen molar-refractivity contribution in [3.63, 3.8) is 0 Å². The van der Waals surface area contributed by atoms with Gasteiger partial charge in [-0.3, -0.25) is 9.59 Å². The van der Waals surface area contributed by atoms with E-state index in [1.54, 1.807) is 0 Å². The van der Waals surface area contributed by atoms with E-state index in [1.165, 1.54) is 19.3 Å². The van der Waals surface area contributed by atoms with E-state index in [2.05, 4.69) is 0 Å². The second-order valence-corrected chi connectivity index (χ2v) is 9.26. The molecular weight excluding hydrogens is 344 g/mol. The molecule has 27 heavy (non-hydrogen) atoms. The van der Waals surface area contributed by atoms with Crippen molar-refractivity contribution in [2.75, 3.05) is 6.79 Å². The van der Waals surface area contributed by atoms with Gasteiger partial charge in [0.15, 0.2) is 6.79 Å². The Morgan fingerprint density at radius 1 is 0.963 bits per heavy atom. The van der Waals surface area contributed by atoms with Gasteiger partial charge in [-0.1, -0.05) is 40.0 Å². The second-order valence-electron chi connectivity index (χ2n) is 9.26. The second kappa shape index (κ2) is 9.40. The lowest BCUT2D eigenvalue weighted by atomic mass is 9.85. The molecule has 0 spiro atoms. The molecule has 5 unspecified atom stereocenters.